The van der Waals surface area contributed by atoms with Crippen molar-refractivity contribution < 1.29 is 14.3 Å². The zero-order valence-corrected chi connectivity index (χ0v) is 19.2. The number of aromatic nitrogens is 3. The van der Waals surface area contributed by atoms with E-state index in [2.05, 4.69) is 64.8 Å². The zero-order valence-electron chi connectivity index (χ0n) is 19.2. The molecule has 1 aliphatic heterocycles. The van der Waals surface area contributed by atoms with E-state index in [-0.39, 0.29) is 5.69 Å². The lowest BCUT2D eigenvalue weighted by atomic mass is 9.91. The standard InChI is InChI=1S/C29H23N3O3/c1-34-29(33)27-6-5-20(15-31-27)28-13-19-3-2-4-23(26(19)17-32-28)24-12-21(18-7-9-35-10-8-18)11-22-14-30-16-25(22)24/h2-7,11-17,30H,8-10H2,1H3. The van der Waals surface area contributed by atoms with Crippen LogP contribution >= 0.6 is 0 Å². The summed E-state index contributed by atoms with van der Waals surface area (Å²) in [5.74, 6) is -0.456. The third-order valence-electron chi connectivity index (χ3n) is 6.52. The number of carbonyl (C=O) groups excluding carboxylic acids is 1. The average molecular weight is 462 g/mol. The number of esters is 1. The van der Waals surface area contributed by atoms with Crippen LogP contribution in [0.3, 0.4) is 0 Å². The third kappa shape index (κ3) is 3.88. The molecule has 6 nitrogen and oxygen atoms in total. The molecule has 0 spiro atoms. The van der Waals surface area contributed by atoms with E-state index < -0.39 is 5.97 Å². The molecule has 0 saturated heterocycles. The summed E-state index contributed by atoms with van der Waals surface area (Å²) in [5.41, 5.74) is 6.78. The minimum Gasteiger partial charge on any atom is -0.464 e. The van der Waals surface area contributed by atoms with Crippen molar-refractivity contribution in [3.63, 3.8) is 0 Å². The molecule has 5 aromatic rings. The number of rotatable bonds is 4. The van der Waals surface area contributed by atoms with Crippen LogP contribution in [-0.4, -0.2) is 41.2 Å². The Morgan fingerprint density at radius 3 is 2.69 bits per heavy atom. The number of carbonyl (C=O) groups is 1. The zero-order chi connectivity index (χ0) is 23.8. The maximum atomic E-state index is 11.7. The second-order valence-electron chi connectivity index (χ2n) is 8.56. The minimum absolute atomic E-state index is 0.273. The van der Waals surface area contributed by atoms with Crippen molar-refractivity contribution in [1.82, 2.24) is 15.0 Å². The van der Waals surface area contributed by atoms with E-state index in [0.29, 0.717) is 6.61 Å². The van der Waals surface area contributed by atoms with Gasteiger partial charge in [-0.15, -0.1) is 0 Å². The Bertz CT molecular complexity index is 1600. The number of aromatic amines is 1. The SMILES string of the molecule is COC(=O)c1ccc(-c2cc3cccc(-c4cc(C5=CCOCC5)cc5c[nH]cc45)c3cn2)cn1. The van der Waals surface area contributed by atoms with Crippen LogP contribution < -0.4 is 0 Å². The van der Waals surface area contributed by atoms with E-state index in [0.717, 1.165) is 40.6 Å². The van der Waals surface area contributed by atoms with Gasteiger partial charge in [-0.3, -0.25) is 4.98 Å². The van der Waals surface area contributed by atoms with E-state index in [1.165, 1.54) is 34.6 Å². The number of nitrogens with zero attached hydrogens (tertiary/aromatic N) is 2. The fourth-order valence-electron chi connectivity index (χ4n) is 4.70. The fraction of sp³-hybridized carbons (Fsp3) is 0.138. The fourth-order valence-corrected chi connectivity index (χ4v) is 4.70. The highest BCUT2D eigenvalue weighted by atomic mass is 16.5. The van der Waals surface area contributed by atoms with Gasteiger partial charge in [-0.25, -0.2) is 9.78 Å². The average Bonchev–Trinajstić information content (AvgIpc) is 3.41. The van der Waals surface area contributed by atoms with Gasteiger partial charge < -0.3 is 14.5 Å². The summed E-state index contributed by atoms with van der Waals surface area (Å²) < 4.78 is 10.3. The lowest BCUT2D eigenvalue weighted by molar-refractivity contribution is 0.0594. The van der Waals surface area contributed by atoms with Gasteiger partial charge >= 0.3 is 5.97 Å². The summed E-state index contributed by atoms with van der Waals surface area (Å²) in [5, 5.41) is 4.53. The summed E-state index contributed by atoms with van der Waals surface area (Å²) >= 11 is 0. The van der Waals surface area contributed by atoms with Crippen molar-refractivity contribution in [1.29, 1.82) is 0 Å². The molecule has 0 atom stereocenters. The van der Waals surface area contributed by atoms with Gasteiger partial charge in [0.05, 0.1) is 26.0 Å². The normalized spacial score (nSPS) is 13.7. The Kier molecular flexibility index (Phi) is 5.35. The van der Waals surface area contributed by atoms with Crippen molar-refractivity contribution >= 4 is 33.1 Å². The predicted molar refractivity (Wildman–Crippen MR) is 137 cm³/mol. The van der Waals surface area contributed by atoms with Crippen LogP contribution in [0.1, 0.15) is 22.5 Å². The number of hydrogen-bond acceptors (Lipinski definition) is 5. The summed E-state index contributed by atoms with van der Waals surface area (Å²) in [4.78, 5) is 23.9. The van der Waals surface area contributed by atoms with Gasteiger partial charge in [0.2, 0.25) is 0 Å². The minimum atomic E-state index is -0.456. The molecule has 1 N–H and O–H groups in total. The van der Waals surface area contributed by atoms with E-state index >= 15 is 0 Å². The van der Waals surface area contributed by atoms with Gasteiger partial charge in [-0.05, 0) is 64.4 Å². The molecule has 0 fully saturated rings. The number of pyridine rings is 2. The number of ether oxygens (including phenoxy) is 2. The van der Waals surface area contributed by atoms with E-state index in [1.807, 2.05) is 12.3 Å². The number of methoxy groups -OCH3 is 1. The number of nitrogens with one attached hydrogen (secondary N) is 1. The summed E-state index contributed by atoms with van der Waals surface area (Å²) in [6.45, 7) is 1.41. The van der Waals surface area contributed by atoms with Crippen LogP contribution in [-0.2, 0) is 9.47 Å². The molecule has 2 aromatic carbocycles. The van der Waals surface area contributed by atoms with E-state index in [4.69, 9.17) is 14.5 Å². The first-order valence-electron chi connectivity index (χ1n) is 11.5. The summed E-state index contributed by atoms with van der Waals surface area (Å²) in [6, 6.07) is 16.4. The lowest BCUT2D eigenvalue weighted by Gasteiger charge is -2.16. The van der Waals surface area contributed by atoms with Crippen LogP contribution in [0, 0.1) is 0 Å². The highest BCUT2D eigenvalue weighted by Crippen LogP contribution is 2.37. The lowest BCUT2D eigenvalue weighted by Crippen LogP contribution is -2.03. The van der Waals surface area contributed by atoms with Gasteiger partial charge in [0.15, 0.2) is 0 Å². The molecule has 0 saturated carbocycles. The van der Waals surface area contributed by atoms with Crippen LogP contribution in [0.15, 0.2) is 79.4 Å². The second kappa shape index (κ2) is 8.81. The van der Waals surface area contributed by atoms with Crippen molar-refractivity contribution in [3.05, 3.63) is 90.7 Å². The molecule has 0 aliphatic carbocycles. The number of benzene rings is 2. The third-order valence-corrected chi connectivity index (χ3v) is 6.52. The Morgan fingerprint density at radius 1 is 0.943 bits per heavy atom. The van der Waals surface area contributed by atoms with Gasteiger partial charge in [0.1, 0.15) is 5.69 Å². The molecule has 0 unspecified atom stereocenters. The molecule has 0 bridgehead atoms. The maximum Gasteiger partial charge on any atom is 0.356 e. The van der Waals surface area contributed by atoms with Crippen molar-refractivity contribution in [2.45, 2.75) is 6.42 Å². The molecular formula is C29H23N3O3. The molecular weight excluding hydrogens is 438 g/mol. The molecule has 0 radical (unpaired) electrons. The van der Waals surface area contributed by atoms with Gasteiger partial charge in [0, 0.05) is 46.5 Å². The first-order chi connectivity index (χ1) is 17.2. The molecule has 0 amide bonds. The van der Waals surface area contributed by atoms with Gasteiger partial charge in [-0.2, -0.15) is 0 Å². The quantitative estimate of drug-likeness (QED) is 0.331. The molecule has 6 heteroatoms. The van der Waals surface area contributed by atoms with Crippen molar-refractivity contribution in [2.75, 3.05) is 20.3 Å². The van der Waals surface area contributed by atoms with Crippen molar-refractivity contribution in [2.24, 2.45) is 0 Å². The Labute approximate surface area is 202 Å². The molecule has 6 rings (SSSR count). The summed E-state index contributed by atoms with van der Waals surface area (Å²) in [6.07, 6.45) is 10.8. The van der Waals surface area contributed by atoms with Crippen LogP contribution in [0.2, 0.25) is 0 Å². The van der Waals surface area contributed by atoms with Gasteiger partial charge in [-0.1, -0.05) is 24.3 Å². The Balaban J connectivity index is 1.46. The highest BCUT2D eigenvalue weighted by Gasteiger charge is 2.15. The molecule has 3 aromatic heterocycles. The van der Waals surface area contributed by atoms with Crippen LogP contribution in [0.4, 0.5) is 0 Å². The Hall–Kier alpha value is -4.29. The second-order valence-corrected chi connectivity index (χ2v) is 8.56. The number of hydrogen-bond donors (Lipinski definition) is 1. The van der Waals surface area contributed by atoms with Crippen LogP contribution in [0.5, 0.6) is 0 Å². The van der Waals surface area contributed by atoms with E-state index in [1.54, 1.807) is 12.3 Å². The molecule has 1 aliphatic rings. The summed E-state index contributed by atoms with van der Waals surface area (Å²) in [7, 11) is 1.35. The van der Waals surface area contributed by atoms with E-state index in [9.17, 15) is 4.79 Å². The molecule has 4 heterocycles. The highest BCUT2D eigenvalue weighted by molar-refractivity contribution is 6.06. The monoisotopic (exact) mass is 461 g/mol. The molecule has 172 valence electrons. The topological polar surface area (TPSA) is 77.1 Å². The molecule has 35 heavy (non-hydrogen) atoms. The van der Waals surface area contributed by atoms with Crippen molar-refractivity contribution in [3.8, 4) is 22.4 Å². The van der Waals surface area contributed by atoms with Gasteiger partial charge in [0.25, 0.3) is 0 Å². The largest absolute Gasteiger partial charge is 0.464 e. The van der Waals surface area contributed by atoms with Crippen LogP contribution in [0.25, 0.3) is 49.5 Å². The smallest absolute Gasteiger partial charge is 0.356 e. The first kappa shape index (κ1) is 21.3. The predicted octanol–water partition coefficient (Wildman–Crippen LogP) is 6.04. The number of fused-ring (bicyclic) bond motifs is 2. The Morgan fingerprint density at radius 2 is 1.89 bits per heavy atom. The number of H-pyrrole nitrogens is 1. The maximum absolute atomic E-state index is 11.7. The first-order valence-corrected chi connectivity index (χ1v) is 11.5.